The van der Waals surface area contributed by atoms with Crippen LogP contribution in [0.5, 0.6) is 0 Å². The number of carbonyl (C=O) groups excluding carboxylic acids is 2. The molecule has 0 bridgehead atoms. The summed E-state index contributed by atoms with van der Waals surface area (Å²) in [6, 6.07) is 16.3. The second-order valence-electron chi connectivity index (χ2n) is 10.9. The van der Waals surface area contributed by atoms with Crippen LogP contribution in [0.4, 0.5) is 16.3 Å². The van der Waals surface area contributed by atoms with Gasteiger partial charge in [-0.3, -0.25) is 4.79 Å². The topological polar surface area (TPSA) is 86.6 Å². The maximum absolute atomic E-state index is 13.6. The van der Waals surface area contributed by atoms with E-state index in [0.29, 0.717) is 19.6 Å². The lowest BCUT2D eigenvalue weighted by Crippen LogP contribution is -2.50. The van der Waals surface area contributed by atoms with E-state index in [2.05, 4.69) is 40.4 Å². The third kappa shape index (κ3) is 4.76. The number of aryl methyl sites for hydroxylation is 1. The fourth-order valence-corrected chi connectivity index (χ4v) is 6.06. The van der Waals surface area contributed by atoms with Crippen LogP contribution < -0.4 is 10.2 Å². The van der Waals surface area contributed by atoms with Gasteiger partial charge in [-0.15, -0.1) is 0 Å². The molecular formula is C31H35N7O2. The molecule has 0 saturated carbocycles. The molecule has 40 heavy (non-hydrogen) atoms. The van der Waals surface area contributed by atoms with E-state index in [9.17, 15) is 9.59 Å². The standard InChI is InChI=1S/C31H35N7O2/c1-21-8-4-6-10-24(21)25-18-37(30-28(25)29(35(2)3)32-20-33-30)19-27(39)36-15-13-23(14-16-36)38-17-12-22-9-5-7-11-26(22)34-31(38)40/h4-11,18,20,23H,12-17,19H2,1-3H3,(H,34,40). The molecule has 2 aliphatic heterocycles. The first-order chi connectivity index (χ1) is 19.4. The van der Waals surface area contributed by atoms with Crippen LogP contribution in [-0.4, -0.2) is 76.0 Å². The van der Waals surface area contributed by atoms with Gasteiger partial charge in [0.2, 0.25) is 5.91 Å². The summed E-state index contributed by atoms with van der Waals surface area (Å²) in [6.45, 7) is 4.24. The summed E-state index contributed by atoms with van der Waals surface area (Å²) in [5.74, 6) is 0.887. The molecule has 2 aromatic heterocycles. The number of aromatic nitrogens is 3. The van der Waals surface area contributed by atoms with Crippen molar-refractivity contribution in [3.63, 3.8) is 0 Å². The highest BCUT2D eigenvalue weighted by atomic mass is 16.2. The summed E-state index contributed by atoms with van der Waals surface area (Å²) in [4.78, 5) is 41.6. The zero-order chi connectivity index (χ0) is 27.8. The highest BCUT2D eigenvalue weighted by Crippen LogP contribution is 2.36. The van der Waals surface area contributed by atoms with Gasteiger partial charge in [0.15, 0.2) is 0 Å². The van der Waals surface area contributed by atoms with Gasteiger partial charge in [0, 0.05) is 57.2 Å². The minimum atomic E-state index is -0.0475. The first-order valence-corrected chi connectivity index (χ1v) is 13.9. The van der Waals surface area contributed by atoms with Crippen LogP contribution in [0.25, 0.3) is 22.2 Å². The molecule has 0 spiro atoms. The van der Waals surface area contributed by atoms with Crippen molar-refractivity contribution < 1.29 is 9.59 Å². The highest BCUT2D eigenvalue weighted by molar-refractivity contribution is 6.02. The number of rotatable bonds is 5. The number of amides is 3. The Kier molecular flexibility index (Phi) is 6.88. The Morgan fingerprint density at radius 1 is 1.00 bits per heavy atom. The Bertz CT molecular complexity index is 1570. The fourth-order valence-electron chi connectivity index (χ4n) is 6.06. The van der Waals surface area contributed by atoms with E-state index in [-0.39, 0.29) is 24.5 Å². The van der Waals surface area contributed by atoms with Crippen LogP contribution in [0.3, 0.4) is 0 Å². The lowest BCUT2D eigenvalue weighted by molar-refractivity contribution is -0.133. The van der Waals surface area contributed by atoms with Gasteiger partial charge in [-0.1, -0.05) is 42.5 Å². The van der Waals surface area contributed by atoms with Gasteiger partial charge in [-0.25, -0.2) is 14.8 Å². The van der Waals surface area contributed by atoms with Gasteiger partial charge in [0.1, 0.15) is 24.3 Å². The van der Waals surface area contributed by atoms with Crippen LogP contribution >= 0.6 is 0 Å². The first-order valence-electron chi connectivity index (χ1n) is 13.9. The summed E-state index contributed by atoms with van der Waals surface area (Å²) in [5, 5.41) is 4.02. The second-order valence-corrected chi connectivity index (χ2v) is 10.9. The lowest BCUT2D eigenvalue weighted by Gasteiger charge is -2.38. The Labute approximate surface area is 234 Å². The van der Waals surface area contributed by atoms with Crippen molar-refractivity contribution in [3.05, 3.63) is 72.2 Å². The predicted molar refractivity (Wildman–Crippen MR) is 158 cm³/mol. The Morgan fingerprint density at radius 3 is 2.52 bits per heavy atom. The smallest absolute Gasteiger partial charge is 0.322 e. The average molecular weight is 538 g/mol. The molecule has 0 atom stereocenters. The highest BCUT2D eigenvalue weighted by Gasteiger charge is 2.31. The Balaban J connectivity index is 1.19. The molecule has 3 amide bonds. The Morgan fingerprint density at radius 2 is 1.75 bits per heavy atom. The van der Waals surface area contributed by atoms with Crippen molar-refractivity contribution >= 4 is 34.5 Å². The quantitative estimate of drug-likeness (QED) is 0.404. The molecule has 1 fully saturated rings. The average Bonchev–Trinajstić information content (AvgIpc) is 3.22. The minimum Gasteiger partial charge on any atom is -0.362 e. The number of benzene rings is 2. The Hall–Kier alpha value is -4.40. The molecule has 1 N–H and O–H groups in total. The summed E-state index contributed by atoms with van der Waals surface area (Å²) in [6.07, 6.45) is 5.97. The molecule has 9 heteroatoms. The summed E-state index contributed by atoms with van der Waals surface area (Å²) in [5.41, 5.74) is 6.10. The number of piperidine rings is 1. The van der Waals surface area contributed by atoms with Gasteiger partial charge in [-0.05, 0) is 48.9 Å². The number of para-hydroxylation sites is 1. The molecule has 0 unspecified atom stereocenters. The van der Waals surface area contributed by atoms with E-state index in [1.54, 1.807) is 6.33 Å². The molecule has 2 aromatic carbocycles. The van der Waals surface area contributed by atoms with Crippen LogP contribution in [-0.2, 0) is 17.8 Å². The number of hydrogen-bond donors (Lipinski definition) is 1. The summed E-state index contributed by atoms with van der Waals surface area (Å²) < 4.78 is 1.96. The number of nitrogens with one attached hydrogen (secondary N) is 1. The number of nitrogens with zero attached hydrogens (tertiary/aromatic N) is 6. The third-order valence-electron chi connectivity index (χ3n) is 8.20. The van der Waals surface area contributed by atoms with Crippen LogP contribution in [0.15, 0.2) is 61.1 Å². The van der Waals surface area contributed by atoms with Gasteiger partial charge in [0.05, 0.1) is 5.39 Å². The summed E-state index contributed by atoms with van der Waals surface area (Å²) in [7, 11) is 3.94. The number of anilines is 2. The van der Waals surface area contributed by atoms with Crippen molar-refractivity contribution in [3.8, 4) is 11.1 Å². The number of carbonyl (C=O) groups is 2. The van der Waals surface area contributed by atoms with E-state index in [1.807, 2.05) is 69.9 Å². The number of likely N-dealkylation sites (tertiary alicyclic amines) is 1. The number of hydrogen-bond acceptors (Lipinski definition) is 5. The molecule has 1 saturated heterocycles. The van der Waals surface area contributed by atoms with Crippen LogP contribution in [0.1, 0.15) is 24.0 Å². The molecular weight excluding hydrogens is 502 g/mol. The normalized spacial score (nSPS) is 16.0. The summed E-state index contributed by atoms with van der Waals surface area (Å²) >= 11 is 0. The largest absolute Gasteiger partial charge is 0.362 e. The molecule has 0 radical (unpaired) electrons. The van der Waals surface area contributed by atoms with Crippen molar-refractivity contribution in [1.82, 2.24) is 24.3 Å². The maximum atomic E-state index is 13.6. The van der Waals surface area contributed by atoms with Gasteiger partial charge in [0.25, 0.3) is 0 Å². The number of fused-ring (bicyclic) bond motifs is 2. The van der Waals surface area contributed by atoms with Crippen molar-refractivity contribution in [2.45, 2.75) is 38.8 Å². The molecule has 2 aliphatic rings. The van der Waals surface area contributed by atoms with Crippen molar-refractivity contribution in [1.29, 1.82) is 0 Å². The minimum absolute atomic E-state index is 0.0475. The lowest BCUT2D eigenvalue weighted by atomic mass is 10.0. The van der Waals surface area contributed by atoms with Crippen LogP contribution in [0, 0.1) is 6.92 Å². The SMILES string of the molecule is Cc1ccccc1-c1cn(CC(=O)N2CCC(N3CCc4ccccc4NC3=O)CC2)c2ncnc(N(C)C)c12. The molecule has 4 aromatic rings. The van der Waals surface area contributed by atoms with E-state index in [1.165, 1.54) is 0 Å². The monoisotopic (exact) mass is 537 g/mol. The molecule has 4 heterocycles. The fraction of sp³-hybridized carbons (Fsp3) is 0.355. The van der Waals surface area contributed by atoms with E-state index in [0.717, 1.165) is 64.1 Å². The van der Waals surface area contributed by atoms with Gasteiger partial charge < -0.3 is 24.6 Å². The first kappa shape index (κ1) is 25.9. The zero-order valence-electron chi connectivity index (χ0n) is 23.3. The maximum Gasteiger partial charge on any atom is 0.322 e. The van der Waals surface area contributed by atoms with Gasteiger partial charge >= 0.3 is 6.03 Å². The zero-order valence-corrected chi connectivity index (χ0v) is 23.3. The number of urea groups is 1. The molecule has 6 rings (SSSR count). The second kappa shape index (κ2) is 10.6. The van der Waals surface area contributed by atoms with Gasteiger partial charge in [-0.2, -0.15) is 0 Å². The van der Waals surface area contributed by atoms with Crippen molar-refractivity contribution in [2.75, 3.05) is 43.9 Å². The van der Waals surface area contributed by atoms with Crippen molar-refractivity contribution in [2.24, 2.45) is 0 Å². The molecule has 206 valence electrons. The predicted octanol–water partition coefficient (Wildman–Crippen LogP) is 4.55. The van der Waals surface area contributed by atoms with E-state index < -0.39 is 0 Å². The van der Waals surface area contributed by atoms with Crippen LogP contribution in [0.2, 0.25) is 0 Å². The third-order valence-corrected chi connectivity index (χ3v) is 8.20. The van der Waals surface area contributed by atoms with E-state index in [4.69, 9.17) is 0 Å². The van der Waals surface area contributed by atoms with E-state index >= 15 is 0 Å². The molecule has 0 aliphatic carbocycles. The molecule has 9 nitrogen and oxygen atoms in total.